The van der Waals surface area contributed by atoms with E-state index in [0.29, 0.717) is 5.02 Å². The zero-order valence-electron chi connectivity index (χ0n) is 7.48. The molecule has 0 amide bonds. The molecule has 0 aliphatic heterocycles. The van der Waals surface area contributed by atoms with E-state index in [1.54, 1.807) is 12.1 Å². The number of aromatic hydroxyl groups is 1. The quantitative estimate of drug-likeness (QED) is 0.655. The largest absolute Gasteiger partial charge is 0.506 e. The van der Waals surface area contributed by atoms with Gasteiger partial charge in [-0.15, -0.1) is 0 Å². The van der Waals surface area contributed by atoms with Crippen LogP contribution in [0.2, 0.25) is 5.02 Å². The summed E-state index contributed by atoms with van der Waals surface area (Å²) in [6.07, 6.45) is 0. The molecule has 0 atom stereocenters. The van der Waals surface area contributed by atoms with Crippen molar-refractivity contribution in [2.45, 2.75) is 26.2 Å². The van der Waals surface area contributed by atoms with Crippen LogP contribution in [0, 0.1) is 6.07 Å². The third-order valence-electron chi connectivity index (χ3n) is 1.73. The molecule has 0 saturated carbocycles. The Morgan fingerprint density at radius 3 is 2.33 bits per heavy atom. The molecular formula is C10H12ClO. The van der Waals surface area contributed by atoms with E-state index in [0.717, 1.165) is 5.56 Å². The minimum absolute atomic E-state index is 0.0918. The molecule has 0 heterocycles. The van der Waals surface area contributed by atoms with Gasteiger partial charge in [-0.2, -0.15) is 0 Å². The van der Waals surface area contributed by atoms with Crippen molar-refractivity contribution in [2.24, 2.45) is 0 Å². The first-order valence-corrected chi connectivity index (χ1v) is 4.20. The molecule has 1 N–H and O–H groups in total. The van der Waals surface area contributed by atoms with Crippen LogP contribution in [-0.4, -0.2) is 5.11 Å². The van der Waals surface area contributed by atoms with Gasteiger partial charge < -0.3 is 5.11 Å². The smallest absolute Gasteiger partial charge is 0.137 e. The number of hydrogen-bond donors (Lipinski definition) is 1. The number of halogens is 1. The van der Waals surface area contributed by atoms with E-state index in [1.165, 1.54) is 0 Å². The highest BCUT2D eigenvalue weighted by Gasteiger charge is 2.18. The maximum atomic E-state index is 9.58. The van der Waals surface area contributed by atoms with Crippen molar-refractivity contribution in [2.75, 3.05) is 0 Å². The van der Waals surface area contributed by atoms with E-state index in [4.69, 9.17) is 11.6 Å². The van der Waals surface area contributed by atoms with Crippen LogP contribution < -0.4 is 0 Å². The number of benzene rings is 1. The first kappa shape index (κ1) is 9.40. The normalized spacial score (nSPS) is 11.7. The Kier molecular flexibility index (Phi) is 2.34. The Balaban J connectivity index is 3.26. The molecule has 0 saturated heterocycles. The maximum Gasteiger partial charge on any atom is 0.137 e. The molecule has 0 fully saturated rings. The van der Waals surface area contributed by atoms with Gasteiger partial charge in [-0.05, 0) is 23.6 Å². The minimum Gasteiger partial charge on any atom is -0.506 e. The zero-order valence-corrected chi connectivity index (χ0v) is 8.24. The predicted octanol–water partition coefficient (Wildman–Crippen LogP) is 3.14. The van der Waals surface area contributed by atoms with Crippen molar-refractivity contribution in [3.63, 3.8) is 0 Å². The lowest BCUT2D eigenvalue weighted by atomic mass is 9.86. The van der Waals surface area contributed by atoms with Crippen molar-refractivity contribution >= 4 is 11.6 Å². The van der Waals surface area contributed by atoms with Gasteiger partial charge in [0, 0.05) is 5.56 Å². The van der Waals surface area contributed by atoms with Crippen LogP contribution in [0.1, 0.15) is 26.3 Å². The average Bonchev–Trinajstić information content (AvgIpc) is 1.92. The van der Waals surface area contributed by atoms with E-state index in [9.17, 15) is 5.11 Å². The summed E-state index contributed by atoms with van der Waals surface area (Å²) in [6, 6.07) is 6.21. The summed E-state index contributed by atoms with van der Waals surface area (Å²) in [5.41, 5.74) is 0.737. The molecule has 0 bridgehead atoms. The molecule has 1 aromatic carbocycles. The lowest BCUT2D eigenvalue weighted by Gasteiger charge is -2.20. The van der Waals surface area contributed by atoms with E-state index in [2.05, 4.69) is 6.07 Å². The molecule has 65 valence electrons. The molecule has 0 aliphatic carbocycles. The van der Waals surface area contributed by atoms with Gasteiger partial charge in [0.15, 0.2) is 0 Å². The first-order chi connectivity index (χ1) is 5.43. The summed E-state index contributed by atoms with van der Waals surface area (Å²) >= 11 is 5.74. The zero-order chi connectivity index (χ0) is 9.35. The summed E-state index contributed by atoms with van der Waals surface area (Å²) in [4.78, 5) is 0. The Hall–Kier alpha value is -0.690. The highest BCUT2D eigenvalue weighted by Crippen LogP contribution is 2.34. The molecule has 1 nitrogen and oxygen atoms in total. The minimum atomic E-state index is -0.0918. The van der Waals surface area contributed by atoms with Crippen LogP contribution in [0.15, 0.2) is 12.1 Å². The van der Waals surface area contributed by atoms with Crippen LogP contribution in [0.25, 0.3) is 0 Å². The van der Waals surface area contributed by atoms with Crippen molar-refractivity contribution in [3.8, 4) is 5.75 Å². The topological polar surface area (TPSA) is 20.2 Å². The molecule has 1 aromatic rings. The molecule has 1 radical (unpaired) electrons. The van der Waals surface area contributed by atoms with Crippen molar-refractivity contribution in [1.29, 1.82) is 0 Å². The lowest BCUT2D eigenvalue weighted by molar-refractivity contribution is 0.447. The highest BCUT2D eigenvalue weighted by atomic mass is 35.5. The molecule has 0 unspecified atom stereocenters. The summed E-state index contributed by atoms with van der Waals surface area (Å²) in [5.74, 6) is 0.169. The standard InChI is InChI=1S/C10H12ClO/c1-10(2,3)7-5-4-6-8(11)9(7)12/h5-6,12H,1-3H3. The Labute approximate surface area is 78.0 Å². The monoisotopic (exact) mass is 183 g/mol. The van der Waals surface area contributed by atoms with Gasteiger partial charge in [-0.25, -0.2) is 0 Å². The average molecular weight is 184 g/mol. The van der Waals surface area contributed by atoms with Gasteiger partial charge in [0.25, 0.3) is 0 Å². The second-order valence-corrected chi connectivity index (χ2v) is 4.22. The van der Waals surface area contributed by atoms with E-state index in [-0.39, 0.29) is 11.2 Å². The predicted molar refractivity (Wildman–Crippen MR) is 50.7 cm³/mol. The lowest BCUT2D eigenvalue weighted by Crippen LogP contribution is -2.11. The fourth-order valence-corrected chi connectivity index (χ4v) is 1.20. The molecule has 1 rings (SSSR count). The second-order valence-electron chi connectivity index (χ2n) is 3.82. The third kappa shape index (κ3) is 1.72. The molecule has 12 heavy (non-hydrogen) atoms. The highest BCUT2D eigenvalue weighted by molar-refractivity contribution is 6.32. The number of rotatable bonds is 0. The summed E-state index contributed by atoms with van der Waals surface area (Å²) in [7, 11) is 0. The Morgan fingerprint density at radius 2 is 1.92 bits per heavy atom. The van der Waals surface area contributed by atoms with E-state index >= 15 is 0 Å². The van der Waals surface area contributed by atoms with Crippen LogP contribution in [0.3, 0.4) is 0 Å². The van der Waals surface area contributed by atoms with Crippen molar-refractivity contribution in [1.82, 2.24) is 0 Å². The molecule has 0 aliphatic rings. The fourth-order valence-electron chi connectivity index (χ4n) is 1.04. The Bertz CT molecular complexity index is 286. The second kappa shape index (κ2) is 2.98. The van der Waals surface area contributed by atoms with Gasteiger partial charge in [0.05, 0.1) is 5.02 Å². The van der Waals surface area contributed by atoms with Crippen LogP contribution in [-0.2, 0) is 5.41 Å². The number of phenolic OH excluding ortho intramolecular Hbond substituents is 1. The van der Waals surface area contributed by atoms with Crippen molar-refractivity contribution in [3.05, 3.63) is 28.8 Å². The van der Waals surface area contributed by atoms with Crippen LogP contribution in [0.5, 0.6) is 5.75 Å². The van der Waals surface area contributed by atoms with E-state index in [1.807, 2.05) is 20.8 Å². The summed E-state index contributed by atoms with van der Waals surface area (Å²) < 4.78 is 0. The molecule has 2 heteroatoms. The fraction of sp³-hybridized carbons (Fsp3) is 0.400. The first-order valence-electron chi connectivity index (χ1n) is 3.82. The van der Waals surface area contributed by atoms with Gasteiger partial charge in [-0.1, -0.05) is 32.4 Å². The van der Waals surface area contributed by atoms with Crippen molar-refractivity contribution < 1.29 is 5.11 Å². The molecular weight excluding hydrogens is 172 g/mol. The van der Waals surface area contributed by atoms with Gasteiger partial charge in [-0.3, -0.25) is 0 Å². The Morgan fingerprint density at radius 1 is 1.33 bits per heavy atom. The third-order valence-corrected chi connectivity index (χ3v) is 2.02. The number of phenols is 1. The van der Waals surface area contributed by atoms with Crippen LogP contribution >= 0.6 is 11.6 Å². The SMILES string of the molecule is CC(C)(C)c1c[c]cc(Cl)c1O. The molecule has 0 spiro atoms. The van der Waals surface area contributed by atoms with Crippen LogP contribution in [0.4, 0.5) is 0 Å². The number of hydrogen-bond acceptors (Lipinski definition) is 1. The summed E-state index contributed by atoms with van der Waals surface area (Å²) in [5, 5.41) is 9.94. The van der Waals surface area contributed by atoms with Gasteiger partial charge in [0.2, 0.25) is 0 Å². The molecule has 0 aromatic heterocycles. The maximum absolute atomic E-state index is 9.58. The van der Waals surface area contributed by atoms with E-state index < -0.39 is 0 Å². The van der Waals surface area contributed by atoms with Gasteiger partial charge >= 0.3 is 0 Å². The van der Waals surface area contributed by atoms with Gasteiger partial charge in [0.1, 0.15) is 5.75 Å². The summed E-state index contributed by atoms with van der Waals surface area (Å²) in [6.45, 7) is 6.06.